The SMILES string of the molecule is Cc1cc(S(=O)(=O)N(C)C)cc(NC(=O)c2cccc([N+](=O)[O-])c2)c1C. The molecule has 1 amide bonds. The van der Waals surface area contributed by atoms with Gasteiger partial charge in [-0.15, -0.1) is 0 Å². The van der Waals surface area contributed by atoms with Gasteiger partial charge in [-0.1, -0.05) is 6.07 Å². The molecule has 0 bridgehead atoms. The number of amides is 1. The Kier molecular flexibility index (Phi) is 5.43. The third kappa shape index (κ3) is 3.89. The molecule has 0 spiro atoms. The fourth-order valence-corrected chi connectivity index (χ4v) is 3.29. The van der Waals surface area contributed by atoms with Crippen LogP contribution in [0.15, 0.2) is 41.3 Å². The van der Waals surface area contributed by atoms with E-state index in [1.54, 1.807) is 13.8 Å². The van der Waals surface area contributed by atoms with E-state index >= 15 is 0 Å². The van der Waals surface area contributed by atoms with Crippen LogP contribution in [0.1, 0.15) is 21.5 Å². The average molecular weight is 377 g/mol. The van der Waals surface area contributed by atoms with Crippen molar-refractivity contribution in [2.45, 2.75) is 18.7 Å². The van der Waals surface area contributed by atoms with Gasteiger partial charge >= 0.3 is 0 Å². The first-order valence-electron chi connectivity index (χ1n) is 7.63. The number of nitrogens with zero attached hydrogens (tertiary/aromatic N) is 2. The van der Waals surface area contributed by atoms with Gasteiger partial charge < -0.3 is 5.32 Å². The molecule has 26 heavy (non-hydrogen) atoms. The molecule has 0 fully saturated rings. The van der Waals surface area contributed by atoms with Crippen LogP contribution in [0.2, 0.25) is 0 Å². The van der Waals surface area contributed by atoms with Crippen LogP contribution in [0.4, 0.5) is 11.4 Å². The molecule has 2 aromatic rings. The molecule has 0 radical (unpaired) electrons. The number of nitro groups is 1. The summed E-state index contributed by atoms with van der Waals surface area (Å²) in [6, 6.07) is 8.23. The van der Waals surface area contributed by atoms with Crippen molar-refractivity contribution in [2.24, 2.45) is 0 Å². The van der Waals surface area contributed by atoms with Crippen molar-refractivity contribution in [3.63, 3.8) is 0 Å². The van der Waals surface area contributed by atoms with Crippen LogP contribution in [0, 0.1) is 24.0 Å². The Hall–Kier alpha value is -2.78. The highest BCUT2D eigenvalue weighted by molar-refractivity contribution is 7.89. The lowest BCUT2D eigenvalue weighted by Crippen LogP contribution is -2.23. The number of hydrogen-bond acceptors (Lipinski definition) is 5. The number of nitro benzene ring substituents is 1. The van der Waals surface area contributed by atoms with Crippen molar-refractivity contribution in [3.05, 3.63) is 63.2 Å². The van der Waals surface area contributed by atoms with Crippen molar-refractivity contribution in [3.8, 4) is 0 Å². The van der Waals surface area contributed by atoms with Crippen LogP contribution in [0.25, 0.3) is 0 Å². The molecule has 0 unspecified atom stereocenters. The molecule has 0 aliphatic rings. The molecule has 0 heterocycles. The maximum Gasteiger partial charge on any atom is 0.270 e. The molecule has 0 atom stereocenters. The lowest BCUT2D eigenvalue weighted by molar-refractivity contribution is -0.384. The van der Waals surface area contributed by atoms with Gasteiger partial charge in [0.25, 0.3) is 11.6 Å². The van der Waals surface area contributed by atoms with Crippen LogP contribution in [0.5, 0.6) is 0 Å². The second-order valence-electron chi connectivity index (χ2n) is 5.96. The lowest BCUT2D eigenvalue weighted by Gasteiger charge is -2.16. The number of non-ortho nitro benzene ring substituents is 1. The third-order valence-corrected chi connectivity index (χ3v) is 5.78. The highest BCUT2D eigenvalue weighted by atomic mass is 32.2. The number of hydrogen-bond donors (Lipinski definition) is 1. The molecule has 2 aromatic carbocycles. The lowest BCUT2D eigenvalue weighted by atomic mass is 10.1. The molecule has 2 rings (SSSR count). The van der Waals surface area contributed by atoms with Gasteiger partial charge in [0.15, 0.2) is 0 Å². The molecule has 9 heteroatoms. The minimum atomic E-state index is -3.66. The number of carbonyl (C=O) groups excluding carboxylic acids is 1. The predicted molar refractivity (Wildman–Crippen MR) is 97.8 cm³/mol. The molecule has 138 valence electrons. The Morgan fingerprint density at radius 3 is 2.38 bits per heavy atom. The highest BCUT2D eigenvalue weighted by Gasteiger charge is 2.20. The number of aryl methyl sites for hydroxylation is 1. The van der Waals surface area contributed by atoms with E-state index < -0.39 is 20.9 Å². The molecular formula is C17H19N3O5S. The predicted octanol–water partition coefficient (Wildman–Crippen LogP) is 2.71. The molecule has 0 aromatic heterocycles. The second kappa shape index (κ2) is 7.22. The summed E-state index contributed by atoms with van der Waals surface area (Å²) in [6.45, 7) is 3.50. The summed E-state index contributed by atoms with van der Waals surface area (Å²) in [7, 11) is -0.819. The second-order valence-corrected chi connectivity index (χ2v) is 8.11. The number of carbonyl (C=O) groups is 1. The van der Waals surface area contributed by atoms with E-state index in [4.69, 9.17) is 0 Å². The van der Waals surface area contributed by atoms with Crippen molar-refractivity contribution >= 4 is 27.3 Å². The van der Waals surface area contributed by atoms with Gasteiger partial charge in [0.05, 0.1) is 9.82 Å². The van der Waals surface area contributed by atoms with E-state index in [1.807, 2.05) is 0 Å². The number of benzene rings is 2. The van der Waals surface area contributed by atoms with E-state index in [-0.39, 0.29) is 16.1 Å². The average Bonchev–Trinajstić information content (AvgIpc) is 2.58. The first-order chi connectivity index (χ1) is 12.0. The highest BCUT2D eigenvalue weighted by Crippen LogP contribution is 2.26. The standard InChI is InChI=1S/C17H19N3O5S/c1-11-8-15(26(24,25)19(3)4)10-16(12(11)2)18-17(21)13-6-5-7-14(9-13)20(22)23/h5-10H,1-4H3,(H,18,21). The van der Waals surface area contributed by atoms with Crippen molar-refractivity contribution in [2.75, 3.05) is 19.4 Å². The van der Waals surface area contributed by atoms with Gasteiger partial charge in [0.2, 0.25) is 10.0 Å². The van der Waals surface area contributed by atoms with E-state index in [2.05, 4.69) is 5.32 Å². The Balaban J connectivity index is 2.43. The first-order valence-corrected chi connectivity index (χ1v) is 9.07. The van der Waals surface area contributed by atoms with Crippen LogP contribution in [-0.4, -0.2) is 37.6 Å². The van der Waals surface area contributed by atoms with Gasteiger partial charge in [-0.3, -0.25) is 14.9 Å². The monoisotopic (exact) mass is 377 g/mol. The summed E-state index contributed by atoms with van der Waals surface area (Å²) >= 11 is 0. The van der Waals surface area contributed by atoms with Crippen LogP contribution in [0.3, 0.4) is 0 Å². The van der Waals surface area contributed by atoms with Crippen molar-refractivity contribution < 1.29 is 18.1 Å². The number of rotatable bonds is 5. The molecular weight excluding hydrogens is 358 g/mol. The van der Waals surface area contributed by atoms with E-state index in [1.165, 1.54) is 44.4 Å². The molecule has 0 aliphatic heterocycles. The maximum absolute atomic E-state index is 12.5. The van der Waals surface area contributed by atoms with Crippen LogP contribution in [-0.2, 0) is 10.0 Å². The minimum Gasteiger partial charge on any atom is -0.322 e. The van der Waals surface area contributed by atoms with Crippen molar-refractivity contribution in [1.29, 1.82) is 0 Å². The number of sulfonamides is 1. The Morgan fingerprint density at radius 1 is 1.15 bits per heavy atom. The van der Waals surface area contributed by atoms with Crippen molar-refractivity contribution in [1.82, 2.24) is 4.31 Å². The summed E-state index contributed by atoms with van der Waals surface area (Å²) < 4.78 is 25.8. The maximum atomic E-state index is 12.5. The van der Waals surface area contributed by atoms with E-state index in [0.29, 0.717) is 16.8 Å². The molecule has 0 saturated heterocycles. The molecule has 8 nitrogen and oxygen atoms in total. The summed E-state index contributed by atoms with van der Waals surface area (Å²) in [5, 5.41) is 13.5. The van der Waals surface area contributed by atoms with Gasteiger partial charge in [0.1, 0.15) is 0 Å². The fourth-order valence-electron chi connectivity index (χ4n) is 2.27. The third-order valence-electron chi connectivity index (χ3n) is 3.99. The summed E-state index contributed by atoms with van der Waals surface area (Å²) in [5.41, 5.74) is 1.65. The fraction of sp³-hybridized carbons (Fsp3) is 0.235. The largest absolute Gasteiger partial charge is 0.322 e. The molecule has 1 N–H and O–H groups in total. The topological polar surface area (TPSA) is 110 Å². The van der Waals surface area contributed by atoms with Gasteiger partial charge in [0, 0.05) is 37.5 Å². The first kappa shape index (κ1) is 19.5. The van der Waals surface area contributed by atoms with E-state index in [9.17, 15) is 23.3 Å². The Bertz CT molecular complexity index is 984. The number of anilines is 1. The molecule has 0 aliphatic carbocycles. The zero-order valence-electron chi connectivity index (χ0n) is 14.8. The van der Waals surface area contributed by atoms with Gasteiger partial charge in [-0.05, 0) is 43.2 Å². The molecule has 0 saturated carbocycles. The number of nitrogens with one attached hydrogen (secondary N) is 1. The normalized spacial score (nSPS) is 11.4. The van der Waals surface area contributed by atoms with Crippen LogP contribution >= 0.6 is 0 Å². The summed E-state index contributed by atoms with van der Waals surface area (Å²) in [5.74, 6) is -0.560. The van der Waals surface area contributed by atoms with Crippen LogP contribution < -0.4 is 5.32 Å². The zero-order chi connectivity index (χ0) is 19.6. The van der Waals surface area contributed by atoms with Gasteiger partial charge in [-0.2, -0.15) is 0 Å². The quantitative estimate of drug-likeness (QED) is 0.636. The smallest absolute Gasteiger partial charge is 0.270 e. The van der Waals surface area contributed by atoms with Gasteiger partial charge in [-0.25, -0.2) is 12.7 Å². The summed E-state index contributed by atoms with van der Waals surface area (Å²) in [6.07, 6.45) is 0. The summed E-state index contributed by atoms with van der Waals surface area (Å²) in [4.78, 5) is 22.8. The Morgan fingerprint density at radius 2 is 1.81 bits per heavy atom. The minimum absolute atomic E-state index is 0.0555. The zero-order valence-corrected chi connectivity index (χ0v) is 15.6. The van der Waals surface area contributed by atoms with E-state index in [0.717, 1.165) is 10.4 Å². The Labute approximate surface area is 151 Å².